The number of carbonyl (C=O) groups is 1. The molecule has 4 heteroatoms. The van der Waals surface area contributed by atoms with Crippen LogP contribution < -0.4 is 9.47 Å². The summed E-state index contributed by atoms with van der Waals surface area (Å²) in [6, 6.07) is 3.63. The first-order chi connectivity index (χ1) is 8.49. The van der Waals surface area contributed by atoms with Gasteiger partial charge >= 0.3 is 0 Å². The predicted octanol–water partition coefficient (Wildman–Crippen LogP) is 3.83. The summed E-state index contributed by atoms with van der Waals surface area (Å²) in [7, 11) is 3.17. The molecule has 0 saturated heterocycles. The number of ether oxygens (including phenoxy) is 2. The van der Waals surface area contributed by atoms with Gasteiger partial charge < -0.3 is 14.3 Å². The third-order valence-electron chi connectivity index (χ3n) is 2.96. The van der Waals surface area contributed by atoms with E-state index >= 15 is 0 Å². The van der Waals surface area contributed by atoms with E-state index in [1.807, 2.05) is 6.07 Å². The van der Waals surface area contributed by atoms with Gasteiger partial charge in [-0.2, -0.15) is 0 Å². The van der Waals surface area contributed by atoms with E-state index in [0.29, 0.717) is 22.9 Å². The number of Topliss-reactive ketones (excluding diaryl/α,β-unsaturated/α-hetero) is 1. The van der Waals surface area contributed by atoms with Gasteiger partial charge in [-0.15, -0.1) is 0 Å². The number of rotatable bonds is 6. The van der Waals surface area contributed by atoms with Crippen molar-refractivity contribution in [2.75, 3.05) is 14.2 Å². The summed E-state index contributed by atoms with van der Waals surface area (Å²) in [4.78, 5) is 11.0. The minimum absolute atomic E-state index is 0.193. The Hall–Kier alpha value is -1.22. The summed E-state index contributed by atoms with van der Waals surface area (Å²) in [5.41, 5.74) is 0.982. The Labute approximate surface area is 113 Å². The van der Waals surface area contributed by atoms with Gasteiger partial charge in [0.2, 0.25) is 0 Å². The van der Waals surface area contributed by atoms with E-state index in [-0.39, 0.29) is 11.7 Å². The van der Waals surface area contributed by atoms with E-state index in [1.54, 1.807) is 27.2 Å². The Balaban J connectivity index is 2.97. The Bertz CT molecular complexity index is 429. The van der Waals surface area contributed by atoms with Gasteiger partial charge in [-0.05, 0) is 30.9 Å². The largest absolute Gasteiger partial charge is 0.493 e. The van der Waals surface area contributed by atoms with Gasteiger partial charge in [-0.3, -0.25) is 0 Å². The lowest BCUT2D eigenvalue weighted by Crippen LogP contribution is -2.00. The van der Waals surface area contributed by atoms with E-state index in [0.717, 1.165) is 12.0 Å². The predicted molar refractivity (Wildman–Crippen MR) is 72.9 cm³/mol. The second kappa shape index (κ2) is 6.64. The highest BCUT2D eigenvalue weighted by Crippen LogP contribution is 2.37. The molecule has 0 heterocycles. The van der Waals surface area contributed by atoms with Crippen molar-refractivity contribution >= 4 is 17.4 Å². The van der Waals surface area contributed by atoms with Crippen LogP contribution in [0.1, 0.15) is 38.2 Å². The fraction of sp³-hybridized carbons (Fsp3) is 0.500. The molecule has 1 aromatic carbocycles. The Kier molecular flexibility index (Phi) is 5.48. The molecule has 1 unspecified atom stereocenters. The van der Waals surface area contributed by atoms with Crippen molar-refractivity contribution in [3.8, 4) is 11.5 Å². The first-order valence-corrected chi connectivity index (χ1v) is 6.28. The van der Waals surface area contributed by atoms with Gasteiger partial charge in [0.15, 0.2) is 11.5 Å². The lowest BCUT2D eigenvalue weighted by molar-refractivity contribution is -0.117. The molecule has 0 saturated carbocycles. The summed E-state index contributed by atoms with van der Waals surface area (Å²) >= 11 is 6.23. The van der Waals surface area contributed by atoms with Crippen LogP contribution in [0.3, 0.4) is 0 Å². The molecule has 1 atom stereocenters. The summed E-state index contributed by atoms with van der Waals surface area (Å²) < 4.78 is 10.4. The first kappa shape index (κ1) is 14.8. The van der Waals surface area contributed by atoms with Crippen LogP contribution >= 0.6 is 11.6 Å². The second-order valence-corrected chi connectivity index (χ2v) is 4.78. The van der Waals surface area contributed by atoms with Gasteiger partial charge in [-0.25, -0.2) is 0 Å². The molecule has 0 radical (unpaired) electrons. The average molecular weight is 271 g/mol. The smallest absolute Gasteiger partial charge is 0.162 e. The van der Waals surface area contributed by atoms with Gasteiger partial charge in [-0.1, -0.05) is 18.5 Å². The zero-order valence-electron chi connectivity index (χ0n) is 11.2. The van der Waals surface area contributed by atoms with Crippen LogP contribution in [0.2, 0.25) is 5.02 Å². The maximum atomic E-state index is 11.0. The fourth-order valence-electron chi connectivity index (χ4n) is 1.82. The topological polar surface area (TPSA) is 35.5 Å². The Morgan fingerprint density at radius 1 is 1.28 bits per heavy atom. The van der Waals surface area contributed by atoms with E-state index in [1.165, 1.54) is 0 Å². The third kappa shape index (κ3) is 3.64. The van der Waals surface area contributed by atoms with Crippen LogP contribution in [0.25, 0.3) is 0 Å². The quantitative estimate of drug-likeness (QED) is 0.788. The number of hydrogen-bond acceptors (Lipinski definition) is 3. The normalized spacial score (nSPS) is 12.1. The van der Waals surface area contributed by atoms with Crippen LogP contribution in [0.15, 0.2) is 12.1 Å². The van der Waals surface area contributed by atoms with Crippen LogP contribution in [0.4, 0.5) is 0 Å². The SMILES string of the molecule is COc1cc(Cl)c(C(C)CCC(C)=O)cc1OC. The monoisotopic (exact) mass is 270 g/mol. The molecule has 0 aromatic heterocycles. The van der Waals surface area contributed by atoms with Crippen molar-refractivity contribution < 1.29 is 14.3 Å². The van der Waals surface area contributed by atoms with Crippen molar-refractivity contribution in [2.24, 2.45) is 0 Å². The summed E-state index contributed by atoms with van der Waals surface area (Å²) in [5, 5.41) is 0.642. The fourth-order valence-corrected chi connectivity index (χ4v) is 2.16. The standard InChI is InChI=1S/C14H19ClO3/c1-9(5-6-10(2)16)11-7-13(17-3)14(18-4)8-12(11)15/h7-9H,5-6H2,1-4H3. The van der Waals surface area contributed by atoms with Crippen LogP contribution in [-0.4, -0.2) is 20.0 Å². The zero-order valence-corrected chi connectivity index (χ0v) is 12.0. The van der Waals surface area contributed by atoms with Gasteiger partial charge in [0.25, 0.3) is 0 Å². The summed E-state index contributed by atoms with van der Waals surface area (Å²) in [6.45, 7) is 3.65. The van der Waals surface area contributed by atoms with E-state index in [9.17, 15) is 4.79 Å². The van der Waals surface area contributed by atoms with Gasteiger partial charge in [0, 0.05) is 17.5 Å². The molecule has 0 aliphatic heterocycles. The van der Waals surface area contributed by atoms with Crippen molar-refractivity contribution in [1.29, 1.82) is 0 Å². The molecule has 100 valence electrons. The third-order valence-corrected chi connectivity index (χ3v) is 3.29. The lowest BCUT2D eigenvalue weighted by Gasteiger charge is -2.16. The maximum Gasteiger partial charge on any atom is 0.162 e. The van der Waals surface area contributed by atoms with Crippen molar-refractivity contribution in [1.82, 2.24) is 0 Å². The highest BCUT2D eigenvalue weighted by Gasteiger charge is 2.15. The molecule has 0 fully saturated rings. The minimum atomic E-state index is 0.193. The number of methoxy groups -OCH3 is 2. The maximum absolute atomic E-state index is 11.0. The molecule has 0 aliphatic rings. The van der Waals surface area contributed by atoms with E-state index in [2.05, 4.69) is 6.92 Å². The zero-order chi connectivity index (χ0) is 13.7. The number of carbonyl (C=O) groups excluding carboxylic acids is 1. The minimum Gasteiger partial charge on any atom is -0.493 e. The van der Waals surface area contributed by atoms with Gasteiger partial charge in [0.05, 0.1) is 14.2 Å². The highest BCUT2D eigenvalue weighted by atomic mass is 35.5. The average Bonchev–Trinajstić information content (AvgIpc) is 2.35. The van der Waals surface area contributed by atoms with Crippen molar-refractivity contribution in [2.45, 2.75) is 32.6 Å². The van der Waals surface area contributed by atoms with Crippen molar-refractivity contribution in [3.05, 3.63) is 22.7 Å². The molecule has 3 nitrogen and oxygen atoms in total. The lowest BCUT2D eigenvalue weighted by atomic mass is 9.95. The molecular weight excluding hydrogens is 252 g/mol. The Morgan fingerprint density at radius 3 is 2.33 bits per heavy atom. The second-order valence-electron chi connectivity index (χ2n) is 4.37. The molecule has 0 aliphatic carbocycles. The van der Waals surface area contributed by atoms with Gasteiger partial charge in [0.1, 0.15) is 5.78 Å². The Morgan fingerprint density at radius 2 is 1.83 bits per heavy atom. The summed E-state index contributed by atoms with van der Waals surface area (Å²) in [5.74, 6) is 1.68. The van der Waals surface area contributed by atoms with Crippen molar-refractivity contribution in [3.63, 3.8) is 0 Å². The number of halogens is 1. The molecule has 18 heavy (non-hydrogen) atoms. The first-order valence-electron chi connectivity index (χ1n) is 5.90. The van der Waals surface area contributed by atoms with Crippen LogP contribution in [0.5, 0.6) is 11.5 Å². The molecule has 0 N–H and O–H groups in total. The highest BCUT2D eigenvalue weighted by molar-refractivity contribution is 6.31. The molecule has 0 spiro atoms. The molecule has 1 aromatic rings. The van der Waals surface area contributed by atoms with E-state index < -0.39 is 0 Å². The molecule has 0 bridgehead atoms. The summed E-state index contributed by atoms with van der Waals surface area (Å²) in [6.07, 6.45) is 1.34. The molecule has 1 rings (SSSR count). The van der Waals surface area contributed by atoms with Crippen LogP contribution in [-0.2, 0) is 4.79 Å². The molecule has 0 amide bonds. The number of benzene rings is 1. The van der Waals surface area contributed by atoms with Crippen LogP contribution in [0, 0.1) is 0 Å². The molecular formula is C14H19ClO3. The number of hydrogen-bond donors (Lipinski definition) is 0. The van der Waals surface area contributed by atoms with E-state index in [4.69, 9.17) is 21.1 Å². The number of ketones is 1.